The van der Waals surface area contributed by atoms with E-state index in [9.17, 15) is 4.79 Å². The molecule has 0 unspecified atom stereocenters. The van der Waals surface area contributed by atoms with Crippen LogP contribution in [0.3, 0.4) is 0 Å². The van der Waals surface area contributed by atoms with E-state index in [2.05, 4.69) is 32.2 Å². The maximum Gasteiger partial charge on any atom is 0.255 e. The van der Waals surface area contributed by atoms with E-state index in [1.54, 1.807) is 16.9 Å². The zero-order valence-electron chi connectivity index (χ0n) is 17.8. The smallest absolute Gasteiger partial charge is 0.255 e. The van der Waals surface area contributed by atoms with Crippen molar-refractivity contribution >= 4 is 22.5 Å². The Balaban J connectivity index is 1.33. The maximum atomic E-state index is 12.9. The predicted octanol–water partition coefficient (Wildman–Crippen LogP) is 3.87. The number of nitrogens with one attached hydrogen (secondary N) is 2. The largest absolute Gasteiger partial charge is 0.351 e. The van der Waals surface area contributed by atoms with Gasteiger partial charge in [0, 0.05) is 48.7 Å². The van der Waals surface area contributed by atoms with Crippen molar-refractivity contribution in [1.29, 1.82) is 0 Å². The van der Waals surface area contributed by atoms with Crippen LogP contribution in [0.5, 0.6) is 0 Å². The van der Waals surface area contributed by atoms with Crippen molar-refractivity contribution in [3.8, 4) is 11.1 Å². The molecule has 2 N–H and O–H groups in total. The summed E-state index contributed by atoms with van der Waals surface area (Å²) in [6.07, 6.45) is 12.3. The average Bonchev–Trinajstić information content (AvgIpc) is 3.41. The molecule has 0 bridgehead atoms. The Morgan fingerprint density at radius 2 is 2.23 bits per heavy atom. The van der Waals surface area contributed by atoms with E-state index in [1.165, 1.54) is 25.7 Å². The van der Waals surface area contributed by atoms with Gasteiger partial charge in [0.05, 0.1) is 17.3 Å². The third-order valence-corrected chi connectivity index (χ3v) is 6.07. The van der Waals surface area contributed by atoms with Gasteiger partial charge in [-0.15, -0.1) is 0 Å². The van der Waals surface area contributed by atoms with Crippen LogP contribution in [-0.4, -0.2) is 56.1 Å². The van der Waals surface area contributed by atoms with Crippen LogP contribution in [0, 0.1) is 0 Å². The molecule has 4 aromatic rings. The Bertz CT molecular complexity index is 1210. The average molecular weight is 417 g/mol. The molecule has 160 valence electrons. The molecular weight excluding hydrogens is 388 g/mol. The van der Waals surface area contributed by atoms with Gasteiger partial charge < -0.3 is 10.3 Å². The minimum Gasteiger partial charge on any atom is -0.351 e. The van der Waals surface area contributed by atoms with E-state index >= 15 is 0 Å². The fraction of sp³-hybridized carbons (Fsp3) is 0.375. The zero-order chi connectivity index (χ0) is 21.2. The Hall–Kier alpha value is -3.19. The molecule has 1 amide bonds. The van der Waals surface area contributed by atoms with Crippen molar-refractivity contribution in [3.63, 3.8) is 0 Å². The molecule has 0 aliphatic heterocycles. The number of carbonyl (C=O) groups excluding carboxylic acids is 1. The molecule has 0 aromatic carbocycles. The number of fused-ring (bicyclic) bond motifs is 2. The lowest BCUT2D eigenvalue weighted by molar-refractivity contribution is 0.0949. The third kappa shape index (κ3) is 4.05. The van der Waals surface area contributed by atoms with Crippen molar-refractivity contribution in [2.45, 2.75) is 38.6 Å². The number of carbonyl (C=O) groups is 1. The Morgan fingerprint density at radius 1 is 1.32 bits per heavy atom. The fourth-order valence-corrected chi connectivity index (χ4v) is 4.20. The summed E-state index contributed by atoms with van der Waals surface area (Å²) in [6, 6.07) is 8.73. The molecule has 0 spiro atoms. The van der Waals surface area contributed by atoms with Crippen molar-refractivity contribution in [1.82, 2.24) is 29.8 Å². The standard InChI is InChI=1S/C24H28N6O/c1-2-3-11-29(18-6-7-18)13-10-26-24(31)21-16-28-30-12-8-17(14-22(21)30)20-15-27-23-19(20)5-4-9-25-23/h4-5,8-9,12,14-16,18H,2-3,6-7,10-11,13H2,1H3,(H,25,27)(H,26,31). The van der Waals surface area contributed by atoms with Gasteiger partial charge in [0.1, 0.15) is 5.65 Å². The highest BCUT2D eigenvalue weighted by molar-refractivity contribution is 6.02. The van der Waals surface area contributed by atoms with Crippen molar-refractivity contribution < 1.29 is 4.79 Å². The number of pyridine rings is 2. The Morgan fingerprint density at radius 3 is 3.06 bits per heavy atom. The van der Waals surface area contributed by atoms with Gasteiger partial charge in [-0.3, -0.25) is 9.69 Å². The first kappa shape index (κ1) is 19.8. The molecule has 31 heavy (non-hydrogen) atoms. The minimum absolute atomic E-state index is 0.0704. The summed E-state index contributed by atoms with van der Waals surface area (Å²) >= 11 is 0. The lowest BCUT2D eigenvalue weighted by Crippen LogP contribution is -2.36. The Labute approximate surface area is 181 Å². The summed E-state index contributed by atoms with van der Waals surface area (Å²) in [5.41, 5.74) is 4.35. The van der Waals surface area contributed by atoms with E-state index in [0.717, 1.165) is 40.8 Å². The summed E-state index contributed by atoms with van der Waals surface area (Å²) in [5.74, 6) is -0.0704. The van der Waals surface area contributed by atoms with Gasteiger partial charge in [-0.1, -0.05) is 13.3 Å². The predicted molar refractivity (Wildman–Crippen MR) is 122 cm³/mol. The van der Waals surface area contributed by atoms with Crippen molar-refractivity contribution in [2.75, 3.05) is 19.6 Å². The number of H-pyrrole nitrogens is 1. The molecule has 1 aliphatic carbocycles. The summed E-state index contributed by atoms with van der Waals surface area (Å²) in [5, 5.41) is 8.53. The van der Waals surface area contributed by atoms with Crippen LogP contribution < -0.4 is 5.32 Å². The van der Waals surface area contributed by atoms with Gasteiger partial charge in [0.25, 0.3) is 5.91 Å². The molecular formula is C24H28N6O. The number of rotatable bonds is 9. The van der Waals surface area contributed by atoms with Crippen LogP contribution in [0.15, 0.2) is 49.1 Å². The molecule has 1 saturated carbocycles. The monoisotopic (exact) mass is 416 g/mol. The van der Waals surface area contributed by atoms with Crippen molar-refractivity contribution in [2.24, 2.45) is 0 Å². The quantitative estimate of drug-likeness (QED) is 0.434. The fourth-order valence-electron chi connectivity index (χ4n) is 4.20. The van der Waals surface area contributed by atoms with Crippen molar-refractivity contribution in [3.05, 3.63) is 54.6 Å². The summed E-state index contributed by atoms with van der Waals surface area (Å²) in [7, 11) is 0. The Kier molecular flexibility index (Phi) is 5.42. The molecule has 0 atom stereocenters. The highest BCUT2D eigenvalue weighted by atomic mass is 16.1. The molecule has 0 saturated heterocycles. The van der Waals surface area contributed by atoms with Crippen LogP contribution in [0.4, 0.5) is 0 Å². The van der Waals surface area contributed by atoms with E-state index in [1.807, 2.05) is 36.7 Å². The van der Waals surface area contributed by atoms with Gasteiger partial charge in [0.15, 0.2) is 0 Å². The first-order chi connectivity index (χ1) is 15.2. The SMILES string of the molecule is CCCCN(CCNC(=O)c1cnn2ccc(-c3c[nH]c4ncccc34)cc12)C1CC1. The van der Waals surface area contributed by atoms with E-state index < -0.39 is 0 Å². The highest BCUT2D eigenvalue weighted by Crippen LogP contribution is 2.29. The third-order valence-electron chi connectivity index (χ3n) is 6.07. The highest BCUT2D eigenvalue weighted by Gasteiger charge is 2.28. The first-order valence-corrected chi connectivity index (χ1v) is 11.2. The second-order valence-electron chi connectivity index (χ2n) is 8.28. The number of hydrogen-bond donors (Lipinski definition) is 2. The molecule has 7 nitrogen and oxygen atoms in total. The number of hydrogen-bond acceptors (Lipinski definition) is 4. The van der Waals surface area contributed by atoms with Gasteiger partial charge in [-0.05, 0) is 55.6 Å². The molecule has 4 heterocycles. The number of amides is 1. The van der Waals surface area contributed by atoms with Crippen LogP contribution in [-0.2, 0) is 0 Å². The number of unbranched alkanes of at least 4 members (excludes halogenated alkanes) is 1. The second kappa shape index (κ2) is 8.51. The van der Waals surface area contributed by atoms with Crippen LogP contribution in [0.25, 0.3) is 27.7 Å². The maximum absolute atomic E-state index is 12.9. The number of aromatic amines is 1. The van der Waals surface area contributed by atoms with Crippen LogP contribution in [0.2, 0.25) is 0 Å². The molecule has 7 heteroatoms. The summed E-state index contributed by atoms with van der Waals surface area (Å²) in [6.45, 7) is 4.91. The summed E-state index contributed by atoms with van der Waals surface area (Å²) < 4.78 is 1.75. The molecule has 5 rings (SSSR count). The summed E-state index contributed by atoms with van der Waals surface area (Å²) in [4.78, 5) is 23.0. The minimum atomic E-state index is -0.0704. The van der Waals surface area contributed by atoms with Crippen LogP contribution in [0.1, 0.15) is 43.0 Å². The van der Waals surface area contributed by atoms with Gasteiger partial charge >= 0.3 is 0 Å². The molecule has 1 aliphatic rings. The van der Waals surface area contributed by atoms with E-state index in [0.29, 0.717) is 18.2 Å². The number of nitrogens with zero attached hydrogens (tertiary/aromatic N) is 4. The zero-order valence-corrected chi connectivity index (χ0v) is 17.8. The van der Waals surface area contributed by atoms with E-state index in [-0.39, 0.29) is 5.91 Å². The normalized spacial score (nSPS) is 14.0. The molecule has 1 fully saturated rings. The lowest BCUT2D eigenvalue weighted by atomic mass is 10.1. The van der Waals surface area contributed by atoms with Crippen LogP contribution >= 0.6 is 0 Å². The molecule has 4 aromatic heterocycles. The topological polar surface area (TPSA) is 78.3 Å². The van der Waals surface area contributed by atoms with Gasteiger partial charge in [-0.2, -0.15) is 5.10 Å². The molecule has 0 radical (unpaired) electrons. The number of aromatic nitrogens is 4. The van der Waals surface area contributed by atoms with Gasteiger partial charge in [-0.25, -0.2) is 9.50 Å². The first-order valence-electron chi connectivity index (χ1n) is 11.2. The van der Waals surface area contributed by atoms with E-state index in [4.69, 9.17) is 0 Å². The lowest BCUT2D eigenvalue weighted by Gasteiger charge is -2.21. The van der Waals surface area contributed by atoms with Gasteiger partial charge in [0.2, 0.25) is 0 Å². The second-order valence-corrected chi connectivity index (χ2v) is 8.28.